The predicted octanol–water partition coefficient (Wildman–Crippen LogP) is 2.07. The van der Waals surface area contributed by atoms with Crippen LogP contribution >= 0.6 is 0 Å². The number of hydrogen-bond donors (Lipinski definition) is 3. The molecule has 3 N–H and O–H groups in total. The highest BCUT2D eigenvalue weighted by Gasteiger charge is 2.25. The molecule has 122 valence electrons. The smallest absolute Gasteiger partial charge is 0.315 e. The molecule has 0 spiro atoms. The molecule has 1 aliphatic heterocycles. The van der Waals surface area contributed by atoms with Crippen LogP contribution in [0.1, 0.15) is 37.3 Å². The zero-order valence-corrected chi connectivity index (χ0v) is 12.8. The molecular weight excluding hydrogens is 287 g/mol. The number of ether oxygens (including phenoxy) is 1. The Morgan fingerprint density at radius 3 is 3.00 bits per heavy atom. The lowest BCUT2D eigenvalue weighted by atomic mass is 10.1. The summed E-state index contributed by atoms with van der Waals surface area (Å²) in [6.07, 6.45) is 2.90. The third-order valence-corrected chi connectivity index (χ3v) is 3.90. The van der Waals surface area contributed by atoms with Crippen LogP contribution in [-0.2, 0) is 17.9 Å². The van der Waals surface area contributed by atoms with Gasteiger partial charge in [0.25, 0.3) is 0 Å². The minimum atomic E-state index is -0.444. The molecule has 2 atom stereocenters. The van der Waals surface area contributed by atoms with Crippen molar-refractivity contribution in [1.29, 1.82) is 0 Å². The molecule has 0 radical (unpaired) electrons. The second kappa shape index (κ2) is 8.10. The summed E-state index contributed by atoms with van der Waals surface area (Å²) in [5, 5.41) is 14.7. The van der Waals surface area contributed by atoms with Gasteiger partial charge < -0.3 is 20.5 Å². The minimum Gasteiger partial charge on any atom is -0.392 e. The summed E-state index contributed by atoms with van der Waals surface area (Å²) in [7, 11) is 0. The van der Waals surface area contributed by atoms with Crippen molar-refractivity contribution in [1.82, 2.24) is 10.6 Å². The zero-order valence-electron chi connectivity index (χ0n) is 12.8. The Labute approximate surface area is 129 Å². The van der Waals surface area contributed by atoms with Gasteiger partial charge in [-0.1, -0.05) is 13.0 Å². The average Bonchev–Trinajstić information content (AvgIpc) is 3.06. The van der Waals surface area contributed by atoms with Crippen molar-refractivity contribution in [3.63, 3.8) is 0 Å². The van der Waals surface area contributed by atoms with E-state index in [4.69, 9.17) is 9.84 Å². The van der Waals surface area contributed by atoms with Gasteiger partial charge in [-0.05, 0) is 37.0 Å². The van der Waals surface area contributed by atoms with Gasteiger partial charge in [0.1, 0.15) is 5.82 Å². The standard InChI is InChI=1S/C16H23FN2O3/c1-2-14(15-4-3-7-22-15)19-16(21)18-9-11-5-6-13(17)12(8-11)10-20/h5-6,8,14-15,20H,2-4,7,9-10H2,1H3,(H2,18,19,21). The summed E-state index contributed by atoms with van der Waals surface area (Å²) in [6.45, 7) is 2.69. The van der Waals surface area contributed by atoms with Gasteiger partial charge in [0.05, 0.1) is 18.8 Å². The van der Waals surface area contributed by atoms with Crippen LogP contribution in [0.4, 0.5) is 9.18 Å². The van der Waals surface area contributed by atoms with E-state index in [1.54, 1.807) is 12.1 Å². The molecule has 1 fully saturated rings. The van der Waals surface area contributed by atoms with Crippen molar-refractivity contribution in [3.8, 4) is 0 Å². The SMILES string of the molecule is CCC(NC(=O)NCc1ccc(F)c(CO)c1)C1CCCO1. The fourth-order valence-electron chi connectivity index (χ4n) is 2.64. The Bertz CT molecular complexity index is 504. The van der Waals surface area contributed by atoms with E-state index in [1.807, 2.05) is 6.92 Å². The van der Waals surface area contributed by atoms with E-state index in [9.17, 15) is 9.18 Å². The molecule has 2 rings (SSSR count). The van der Waals surface area contributed by atoms with Crippen LogP contribution < -0.4 is 10.6 Å². The summed E-state index contributed by atoms with van der Waals surface area (Å²) in [5.74, 6) is -0.444. The van der Waals surface area contributed by atoms with Crippen molar-refractivity contribution in [2.24, 2.45) is 0 Å². The van der Waals surface area contributed by atoms with E-state index in [0.717, 1.165) is 31.4 Å². The van der Waals surface area contributed by atoms with E-state index >= 15 is 0 Å². The third kappa shape index (κ3) is 4.42. The Kier molecular flexibility index (Phi) is 6.15. The van der Waals surface area contributed by atoms with Gasteiger partial charge in [-0.15, -0.1) is 0 Å². The molecule has 1 aromatic rings. The van der Waals surface area contributed by atoms with Crippen LogP contribution in [0.5, 0.6) is 0 Å². The van der Waals surface area contributed by atoms with E-state index in [2.05, 4.69) is 10.6 Å². The van der Waals surface area contributed by atoms with Crippen LogP contribution in [0, 0.1) is 5.82 Å². The van der Waals surface area contributed by atoms with Gasteiger partial charge in [-0.2, -0.15) is 0 Å². The Morgan fingerprint density at radius 1 is 1.55 bits per heavy atom. The molecule has 5 nitrogen and oxygen atoms in total. The average molecular weight is 310 g/mol. The molecule has 22 heavy (non-hydrogen) atoms. The number of rotatable bonds is 6. The lowest BCUT2D eigenvalue weighted by Crippen LogP contribution is -2.47. The summed E-state index contributed by atoms with van der Waals surface area (Å²) in [6, 6.07) is 4.17. The van der Waals surface area contributed by atoms with Crippen LogP contribution in [-0.4, -0.2) is 29.9 Å². The first kappa shape index (κ1) is 16.7. The number of urea groups is 1. The highest BCUT2D eigenvalue weighted by Crippen LogP contribution is 2.17. The van der Waals surface area contributed by atoms with Gasteiger partial charge in [-0.3, -0.25) is 0 Å². The van der Waals surface area contributed by atoms with E-state index in [0.29, 0.717) is 0 Å². The Hall–Kier alpha value is -1.66. The second-order valence-electron chi connectivity index (χ2n) is 5.48. The van der Waals surface area contributed by atoms with Gasteiger partial charge in [-0.25, -0.2) is 9.18 Å². The molecule has 2 amide bonds. The molecule has 1 aromatic carbocycles. The minimum absolute atomic E-state index is 0.00344. The molecule has 1 aliphatic rings. The number of aliphatic hydroxyl groups is 1. The third-order valence-electron chi connectivity index (χ3n) is 3.90. The highest BCUT2D eigenvalue weighted by atomic mass is 19.1. The summed E-state index contributed by atoms with van der Waals surface area (Å²) >= 11 is 0. The van der Waals surface area contributed by atoms with Crippen LogP contribution in [0.2, 0.25) is 0 Å². The summed E-state index contributed by atoms with van der Waals surface area (Å²) in [4.78, 5) is 12.0. The fourth-order valence-corrected chi connectivity index (χ4v) is 2.64. The number of amides is 2. The molecule has 1 heterocycles. The van der Waals surface area contributed by atoms with Gasteiger partial charge >= 0.3 is 6.03 Å². The van der Waals surface area contributed by atoms with Crippen LogP contribution in [0.15, 0.2) is 18.2 Å². The van der Waals surface area contributed by atoms with E-state index in [-0.39, 0.29) is 36.9 Å². The monoisotopic (exact) mass is 310 g/mol. The molecule has 1 saturated heterocycles. The molecule has 0 saturated carbocycles. The number of benzene rings is 1. The Morgan fingerprint density at radius 2 is 2.36 bits per heavy atom. The van der Waals surface area contributed by atoms with Crippen molar-refractivity contribution >= 4 is 6.03 Å². The van der Waals surface area contributed by atoms with Crippen LogP contribution in [0.25, 0.3) is 0 Å². The first-order chi connectivity index (χ1) is 10.6. The van der Waals surface area contributed by atoms with E-state index in [1.165, 1.54) is 6.07 Å². The van der Waals surface area contributed by atoms with Gasteiger partial charge in [0.2, 0.25) is 0 Å². The largest absolute Gasteiger partial charge is 0.392 e. The number of nitrogens with one attached hydrogen (secondary N) is 2. The van der Waals surface area contributed by atoms with Crippen molar-refractivity contribution < 1.29 is 19.0 Å². The van der Waals surface area contributed by atoms with Crippen molar-refractivity contribution in [2.45, 2.75) is 51.5 Å². The number of aliphatic hydroxyl groups excluding tert-OH is 1. The number of carbonyl (C=O) groups is 1. The second-order valence-corrected chi connectivity index (χ2v) is 5.48. The first-order valence-electron chi connectivity index (χ1n) is 7.68. The first-order valence-corrected chi connectivity index (χ1v) is 7.68. The normalized spacial score (nSPS) is 19.0. The molecule has 2 unspecified atom stereocenters. The molecule has 0 bridgehead atoms. The summed E-state index contributed by atoms with van der Waals surface area (Å²) in [5.41, 5.74) is 0.969. The molecule has 0 aliphatic carbocycles. The molecule has 6 heteroatoms. The topological polar surface area (TPSA) is 70.6 Å². The Balaban J connectivity index is 1.84. The highest BCUT2D eigenvalue weighted by molar-refractivity contribution is 5.74. The van der Waals surface area contributed by atoms with Gasteiger partial charge in [0.15, 0.2) is 0 Å². The fraction of sp³-hybridized carbons (Fsp3) is 0.562. The van der Waals surface area contributed by atoms with Crippen molar-refractivity contribution in [2.75, 3.05) is 6.61 Å². The maximum absolute atomic E-state index is 13.3. The number of halogens is 1. The van der Waals surface area contributed by atoms with Crippen LogP contribution in [0.3, 0.4) is 0 Å². The lowest BCUT2D eigenvalue weighted by Gasteiger charge is -2.23. The molecular formula is C16H23FN2O3. The number of hydrogen-bond acceptors (Lipinski definition) is 3. The zero-order chi connectivity index (χ0) is 15.9. The van der Waals surface area contributed by atoms with Crippen molar-refractivity contribution in [3.05, 3.63) is 35.1 Å². The molecule has 0 aromatic heterocycles. The van der Waals surface area contributed by atoms with E-state index < -0.39 is 5.82 Å². The lowest BCUT2D eigenvalue weighted by molar-refractivity contribution is 0.0796. The predicted molar refractivity (Wildman–Crippen MR) is 80.7 cm³/mol. The maximum Gasteiger partial charge on any atom is 0.315 e. The summed E-state index contributed by atoms with van der Waals surface area (Å²) < 4.78 is 18.9. The quantitative estimate of drug-likeness (QED) is 0.753. The van der Waals surface area contributed by atoms with Gasteiger partial charge in [0, 0.05) is 18.7 Å². The number of carbonyl (C=O) groups excluding carboxylic acids is 1. The maximum atomic E-state index is 13.3.